The van der Waals surface area contributed by atoms with Gasteiger partial charge in [-0.1, -0.05) is 0 Å². The number of nitrogens with zero attached hydrogens (tertiary/aromatic N) is 6. The second kappa shape index (κ2) is 16.9. The molecule has 15 nitrogen and oxygen atoms in total. The molecule has 3 fully saturated rings. The number of alkyl halides is 3. The highest BCUT2D eigenvalue weighted by Gasteiger charge is 2.52. The third-order valence-corrected chi connectivity index (χ3v) is 12.0. The zero-order valence-electron chi connectivity index (χ0n) is 34.5. The Morgan fingerprint density at radius 2 is 1.65 bits per heavy atom. The zero-order valence-corrected chi connectivity index (χ0v) is 35.3. The van der Waals surface area contributed by atoms with Crippen molar-refractivity contribution in [2.45, 2.75) is 63.4 Å². The van der Waals surface area contributed by atoms with Crippen molar-refractivity contribution in [3.63, 3.8) is 0 Å². The minimum Gasteiger partial charge on any atom is -0.487 e. The van der Waals surface area contributed by atoms with Crippen LogP contribution in [0.2, 0.25) is 0 Å². The summed E-state index contributed by atoms with van der Waals surface area (Å²) in [4.78, 5) is 84.7. The van der Waals surface area contributed by atoms with Gasteiger partial charge in [0.2, 0.25) is 11.8 Å². The quantitative estimate of drug-likeness (QED) is 0.121. The molecule has 4 aliphatic heterocycles. The fourth-order valence-corrected chi connectivity index (χ4v) is 8.75. The van der Waals surface area contributed by atoms with E-state index in [1.54, 1.807) is 0 Å². The average Bonchev–Trinajstić information content (AvgIpc) is 3.61. The lowest BCUT2D eigenvalue weighted by atomic mass is 10.0. The monoisotopic (exact) mass is 933 g/mol. The third kappa shape index (κ3) is 7.92. The number of hydrogen-bond acceptors (Lipinski definition) is 11. The number of thiocarbonyl (C=S) groups is 1. The van der Waals surface area contributed by atoms with Crippen molar-refractivity contribution < 1.29 is 64.6 Å². The van der Waals surface area contributed by atoms with E-state index >= 15 is 13.2 Å². The molecule has 3 saturated heterocycles. The highest BCUT2D eigenvalue weighted by Crippen LogP contribution is 2.42. The number of anilines is 2. The number of hydrogen-bond donors (Lipinski definition) is 1. The predicted octanol–water partition coefficient (Wildman–Crippen LogP) is 5.82. The maximum Gasteiger partial charge on any atom is 0.420 e. The van der Waals surface area contributed by atoms with Gasteiger partial charge in [0.1, 0.15) is 34.7 Å². The number of piperidine rings is 2. The second-order valence-corrected chi connectivity index (χ2v) is 16.4. The third-order valence-electron chi connectivity index (χ3n) is 11.6. The molecule has 8 rings (SSSR count). The molecule has 22 heteroatoms. The summed E-state index contributed by atoms with van der Waals surface area (Å²) in [5, 5.41) is 10.8. The Morgan fingerprint density at radius 1 is 0.939 bits per heavy atom. The van der Waals surface area contributed by atoms with Crippen LogP contribution >= 0.6 is 12.2 Å². The first-order chi connectivity index (χ1) is 31.2. The van der Waals surface area contributed by atoms with Crippen LogP contribution in [0.4, 0.5) is 37.7 Å². The highest BCUT2D eigenvalue weighted by atomic mass is 32.1. The zero-order chi connectivity index (χ0) is 47.6. The molecule has 1 N–H and O–H groups in total. The van der Waals surface area contributed by atoms with Crippen LogP contribution in [0.25, 0.3) is 11.3 Å². The Bertz CT molecular complexity index is 2840. The molecule has 0 radical (unpaired) electrons. The molecule has 0 spiro atoms. The summed E-state index contributed by atoms with van der Waals surface area (Å²) in [7, 11) is 0. The van der Waals surface area contributed by atoms with E-state index in [9.17, 15) is 41.9 Å². The fraction of sp³-hybridized carbons (Fsp3) is 0.295. The average molecular weight is 934 g/mol. The van der Waals surface area contributed by atoms with Crippen molar-refractivity contribution in [2.75, 3.05) is 29.5 Å². The molecule has 4 aliphatic rings. The van der Waals surface area contributed by atoms with Crippen LogP contribution in [0.5, 0.6) is 11.5 Å². The van der Waals surface area contributed by atoms with Crippen LogP contribution in [0.1, 0.15) is 71.4 Å². The van der Waals surface area contributed by atoms with Gasteiger partial charge in [-0.15, -0.1) is 0 Å². The van der Waals surface area contributed by atoms with Crippen molar-refractivity contribution in [2.24, 2.45) is 0 Å². The number of aromatic nitrogens is 1. The standard InChI is InChI=1S/C44H33F6N7O8S/c1-43(2)41(63)56(30-7-3-22(18-51)35(36(30)47)44(48,49)50)42(66)57(43)23-16-29(46)37(52-19-23)21-4-9-32(28(45)15-21)65-24-11-13-54(14-12-24)34(59)20-64-25-5-6-26-27(17-25)40(62)55(39(26)61)31-8-10-33(58)53-38(31)60/h3-7,9,15-17,19,24,31H,8,10-14,20H2,1-2H3,(H,53,58,60). The summed E-state index contributed by atoms with van der Waals surface area (Å²) < 4.78 is 99.5. The number of amides is 6. The lowest BCUT2D eigenvalue weighted by Crippen LogP contribution is -2.54. The van der Waals surface area contributed by atoms with Gasteiger partial charge >= 0.3 is 6.18 Å². The molecule has 0 aliphatic carbocycles. The molecule has 1 aromatic heterocycles. The van der Waals surface area contributed by atoms with Gasteiger partial charge in [0.15, 0.2) is 34.9 Å². The molecule has 5 heterocycles. The van der Waals surface area contributed by atoms with Gasteiger partial charge in [-0.05, 0) is 81.0 Å². The summed E-state index contributed by atoms with van der Waals surface area (Å²) in [6.07, 6.45) is -4.09. The molecule has 0 bridgehead atoms. The van der Waals surface area contributed by atoms with E-state index in [1.807, 2.05) is 0 Å². The summed E-state index contributed by atoms with van der Waals surface area (Å²) in [6.45, 7) is 2.71. The number of carbonyl (C=O) groups is 6. The van der Waals surface area contributed by atoms with E-state index in [4.69, 9.17) is 27.0 Å². The number of fused-ring (bicyclic) bond motifs is 1. The maximum absolute atomic E-state index is 15.8. The lowest BCUT2D eigenvalue weighted by Gasteiger charge is -2.32. The number of rotatable bonds is 9. The van der Waals surface area contributed by atoms with Gasteiger partial charge in [-0.3, -0.25) is 48.9 Å². The maximum atomic E-state index is 15.8. The van der Waals surface area contributed by atoms with Crippen molar-refractivity contribution in [1.82, 2.24) is 20.1 Å². The largest absolute Gasteiger partial charge is 0.487 e. The number of ether oxygens (including phenoxy) is 2. The van der Waals surface area contributed by atoms with Crippen LogP contribution in [0, 0.1) is 28.8 Å². The number of halogens is 6. The van der Waals surface area contributed by atoms with Crippen LogP contribution in [-0.2, 0) is 25.4 Å². The van der Waals surface area contributed by atoms with Crippen molar-refractivity contribution >= 4 is 64.1 Å². The first kappa shape index (κ1) is 45.2. The normalized spacial score (nSPS) is 18.7. The van der Waals surface area contributed by atoms with Crippen molar-refractivity contribution in [1.29, 1.82) is 5.26 Å². The number of imide groups is 2. The first-order valence-corrected chi connectivity index (χ1v) is 20.5. The molecular weight excluding hydrogens is 901 g/mol. The van der Waals surface area contributed by atoms with Gasteiger partial charge < -0.3 is 19.3 Å². The SMILES string of the molecule is CC1(C)C(=O)N(c2ccc(C#N)c(C(F)(F)F)c2F)C(=S)N1c1cnc(-c2ccc(OC3CCN(C(=O)COc4ccc5c(c4)C(=O)N(C4CCC(=O)NC4=O)C5=O)CC3)c(F)c2)c(F)c1. The second-order valence-electron chi connectivity index (χ2n) is 16.1. The minimum atomic E-state index is -5.28. The molecule has 340 valence electrons. The van der Waals surface area contributed by atoms with E-state index in [2.05, 4.69) is 10.3 Å². The number of likely N-dealkylation sites (tertiary alicyclic amines) is 1. The van der Waals surface area contributed by atoms with Gasteiger partial charge in [0, 0.05) is 44.0 Å². The topological polar surface area (TPSA) is 183 Å². The lowest BCUT2D eigenvalue weighted by molar-refractivity contribution is -0.140. The molecular formula is C44H33F6N7O8S. The number of pyridine rings is 1. The van der Waals surface area contributed by atoms with Gasteiger partial charge in [0.05, 0.1) is 40.3 Å². The van der Waals surface area contributed by atoms with Gasteiger partial charge in [-0.2, -0.15) is 18.4 Å². The molecule has 1 unspecified atom stereocenters. The van der Waals surface area contributed by atoms with Gasteiger partial charge in [0.25, 0.3) is 23.6 Å². The molecule has 6 amide bonds. The number of nitriles is 1. The Kier molecular flexibility index (Phi) is 11.5. The number of nitrogens with one attached hydrogen (secondary N) is 1. The Morgan fingerprint density at radius 3 is 2.30 bits per heavy atom. The van der Waals surface area contributed by atoms with Crippen LogP contribution in [-0.4, -0.2) is 92.7 Å². The summed E-state index contributed by atoms with van der Waals surface area (Å²) in [5.74, 6) is -7.77. The molecule has 66 heavy (non-hydrogen) atoms. The van der Waals surface area contributed by atoms with Crippen LogP contribution in [0.15, 0.2) is 60.8 Å². The molecule has 0 saturated carbocycles. The van der Waals surface area contributed by atoms with E-state index in [-0.39, 0.29) is 65.5 Å². The summed E-state index contributed by atoms with van der Waals surface area (Å²) in [6, 6.07) is 10.3. The predicted molar refractivity (Wildman–Crippen MR) is 221 cm³/mol. The Hall–Kier alpha value is -7.41. The van der Waals surface area contributed by atoms with E-state index < -0.39 is 105 Å². The fourth-order valence-electron chi connectivity index (χ4n) is 8.23. The number of carbonyl (C=O) groups excluding carboxylic acids is 6. The smallest absolute Gasteiger partial charge is 0.420 e. The van der Waals surface area contributed by atoms with Gasteiger partial charge in [-0.25, -0.2) is 13.2 Å². The first-order valence-electron chi connectivity index (χ1n) is 20.1. The number of benzene rings is 3. The van der Waals surface area contributed by atoms with Crippen LogP contribution in [0.3, 0.4) is 0 Å². The van der Waals surface area contributed by atoms with Crippen LogP contribution < -0.4 is 24.6 Å². The Labute approximate surface area is 375 Å². The van der Waals surface area contributed by atoms with Crippen molar-refractivity contribution in [3.05, 3.63) is 100 Å². The van der Waals surface area contributed by atoms with Crippen molar-refractivity contribution in [3.8, 4) is 28.8 Å². The molecule has 1 atom stereocenters. The van der Waals surface area contributed by atoms with E-state index in [0.717, 1.165) is 34.2 Å². The summed E-state index contributed by atoms with van der Waals surface area (Å²) >= 11 is 5.42. The minimum absolute atomic E-state index is 0.00278. The molecule has 4 aromatic rings. The van der Waals surface area contributed by atoms with E-state index in [1.165, 1.54) is 55.1 Å². The molecule has 3 aromatic carbocycles. The Balaban J connectivity index is 0.872. The van der Waals surface area contributed by atoms with E-state index in [0.29, 0.717) is 23.8 Å². The highest BCUT2D eigenvalue weighted by molar-refractivity contribution is 7.81. The summed E-state index contributed by atoms with van der Waals surface area (Å²) in [5.41, 5.74) is -5.83.